The van der Waals surface area contributed by atoms with Crippen LogP contribution in [0.1, 0.15) is 49.5 Å². The van der Waals surface area contributed by atoms with Gasteiger partial charge in [-0.3, -0.25) is 19.3 Å². The van der Waals surface area contributed by atoms with E-state index in [1.807, 2.05) is 30.3 Å². The molecule has 0 radical (unpaired) electrons. The third-order valence-corrected chi connectivity index (χ3v) is 9.00. The number of carbonyl (C=O) groups is 4. The molecule has 3 saturated heterocycles. The number of hydrogen-bond acceptors (Lipinski definition) is 8. The second kappa shape index (κ2) is 7.89. The molecule has 1 saturated carbocycles. The summed E-state index contributed by atoms with van der Waals surface area (Å²) < 4.78 is 17.5. The van der Waals surface area contributed by atoms with E-state index in [2.05, 4.69) is 0 Å². The molecule has 2 aromatic rings. The van der Waals surface area contributed by atoms with Crippen molar-refractivity contribution in [2.24, 2.45) is 16.2 Å². The summed E-state index contributed by atoms with van der Waals surface area (Å²) in [6, 6.07) is 17.3. The van der Waals surface area contributed by atoms with Crippen molar-refractivity contribution in [1.29, 1.82) is 0 Å². The summed E-state index contributed by atoms with van der Waals surface area (Å²) in [6.45, 7) is 5.42. The van der Waals surface area contributed by atoms with Gasteiger partial charge in [0, 0.05) is 13.0 Å². The molecule has 1 N–H and O–H groups in total. The Morgan fingerprint density at radius 1 is 1.03 bits per heavy atom. The molecule has 2 aromatic carbocycles. The molecule has 9 nitrogen and oxygen atoms in total. The van der Waals surface area contributed by atoms with Crippen molar-refractivity contribution in [3.63, 3.8) is 0 Å². The van der Waals surface area contributed by atoms with Crippen LogP contribution in [0.3, 0.4) is 0 Å². The van der Waals surface area contributed by atoms with E-state index in [9.17, 15) is 24.3 Å². The van der Waals surface area contributed by atoms with E-state index in [4.69, 9.17) is 14.2 Å². The quantitative estimate of drug-likeness (QED) is 0.484. The average Bonchev–Trinajstić information content (AvgIpc) is 3.49. The van der Waals surface area contributed by atoms with Crippen molar-refractivity contribution in [3.05, 3.63) is 71.8 Å². The molecule has 4 fully saturated rings. The van der Waals surface area contributed by atoms with Crippen molar-refractivity contribution in [2.75, 3.05) is 0 Å². The number of benzene rings is 2. The molecule has 198 valence electrons. The van der Waals surface area contributed by atoms with Crippen LogP contribution < -0.4 is 0 Å². The predicted octanol–water partition coefficient (Wildman–Crippen LogP) is 2.61. The lowest BCUT2D eigenvalue weighted by Gasteiger charge is -2.51. The van der Waals surface area contributed by atoms with Crippen LogP contribution in [0.5, 0.6) is 0 Å². The minimum Gasteiger partial charge on any atom is -0.461 e. The fourth-order valence-corrected chi connectivity index (χ4v) is 7.28. The molecule has 9 heteroatoms. The van der Waals surface area contributed by atoms with Crippen LogP contribution in [0.2, 0.25) is 0 Å². The number of nitrogens with zero attached hydrogens (tertiary/aromatic N) is 1. The first kappa shape index (κ1) is 24.6. The van der Waals surface area contributed by atoms with E-state index in [1.54, 1.807) is 51.1 Å². The Morgan fingerprint density at radius 3 is 2.29 bits per heavy atom. The van der Waals surface area contributed by atoms with Gasteiger partial charge in [-0.15, -0.1) is 0 Å². The third kappa shape index (κ3) is 2.85. The van der Waals surface area contributed by atoms with Crippen molar-refractivity contribution < 1.29 is 38.5 Å². The summed E-state index contributed by atoms with van der Waals surface area (Å²) in [6.07, 6.45) is -4.38. The minimum atomic E-state index is -1.79. The molecule has 2 spiro atoms. The summed E-state index contributed by atoms with van der Waals surface area (Å²) in [7, 11) is 0. The molecule has 4 aliphatic rings. The number of hydrogen-bond donors (Lipinski definition) is 1. The van der Waals surface area contributed by atoms with Gasteiger partial charge in [0.15, 0.2) is 12.3 Å². The monoisotopic (exact) mass is 519 g/mol. The molecule has 3 heterocycles. The van der Waals surface area contributed by atoms with Crippen LogP contribution in [-0.4, -0.2) is 57.9 Å². The van der Waals surface area contributed by atoms with Crippen LogP contribution in [-0.2, 0) is 35.1 Å². The van der Waals surface area contributed by atoms with E-state index < -0.39 is 64.1 Å². The Bertz CT molecular complexity index is 1340. The highest BCUT2D eigenvalue weighted by molar-refractivity contribution is 5.99. The summed E-state index contributed by atoms with van der Waals surface area (Å²) in [4.78, 5) is 55.4. The van der Waals surface area contributed by atoms with Gasteiger partial charge in [0.05, 0.1) is 17.6 Å². The summed E-state index contributed by atoms with van der Waals surface area (Å²) in [5.74, 6) is -2.73. The van der Waals surface area contributed by atoms with Gasteiger partial charge in [-0.2, -0.15) is 0 Å². The number of carbonyl (C=O) groups excluding carboxylic acids is 4. The number of esters is 3. The summed E-state index contributed by atoms with van der Waals surface area (Å²) in [5.41, 5.74) is -5.23. The van der Waals surface area contributed by atoms with Crippen LogP contribution in [0.4, 0.5) is 0 Å². The second-order valence-electron chi connectivity index (χ2n) is 11.7. The first-order valence-electron chi connectivity index (χ1n) is 12.7. The highest BCUT2D eigenvalue weighted by atomic mass is 16.6. The maximum absolute atomic E-state index is 14.2. The number of likely N-dealkylation sites (tertiary alicyclic amines) is 1. The smallest absolute Gasteiger partial charge is 0.338 e. The van der Waals surface area contributed by atoms with E-state index in [0.29, 0.717) is 0 Å². The van der Waals surface area contributed by atoms with Gasteiger partial charge >= 0.3 is 17.9 Å². The number of rotatable bonds is 4. The maximum atomic E-state index is 14.2. The molecule has 3 aliphatic heterocycles. The molecular weight excluding hydrogens is 490 g/mol. The summed E-state index contributed by atoms with van der Waals surface area (Å²) >= 11 is 0. The minimum absolute atomic E-state index is 0.0501. The summed E-state index contributed by atoms with van der Waals surface area (Å²) in [5, 5.41) is 12.6. The lowest BCUT2D eigenvalue weighted by molar-refractivity contribution is -0.212. The van der Waals surface area contributed by atoms with Gasteiger partial charge in [0.25, 0.3) is 5.91 Å². The first-order chi connectivity index (χ1) is 18.0. The topological polar surface area (TPSA) is 119 Å². The average molecular weight is 520 g/mol. The molecule has 1 amide bonds. The number of ether oxygens (including phenoxy) is 3. The predicted molar refractivity (Wildman–Crippen MR) is 131 cm³/mol. The van der Waals surface area contributed by atoms with E-state index in [1.165, 1.54) is 4.90 Å². The maximum Gasteiger partial charge on any atom is 0.338 e. The third-order valence-electron chi connectivity index (χ3n) is 9.00. The zero-order chi connectivity index (χ0) is 27.1. The van der Waals surface area contributed by atoms with Gasteiger partial charge in [0.2, 0.25) is 0 Å². The highest BCUT2D eigenvalue weighted by Crippen LogP contribution is 2.76. The van der Waals surface area contributed by atoms with Crippen molar-refractivity contribution in [3.8, 4) is 0 Å². The largest absolute Gasteiger partial charge is 0.461 e. The lowest BCUT2D eigenvalue weighted by atomic mass is 9.52. The Labute approximate surface area is 219 Å². The normalized spacial score (nSPS) is 35.4. The Kier molecular flexibility index (Phi) is 5.11. The molecule has 0 aromatic heterocycles. The van der Waals surface area contributed by atoms with Gasteiger partial charge in [-0.25, -0.2) is 4.79 Å². The van der Waals surface area contributed by atoms with Crippen molar-refractivity contribution in [1.82, 2.24) is 4.90 Å². The molecule has 38 heavy (non-hydrogen) atoms. The lowest BCUT2D eigenvalue weighted by Crippen LogP contribution is -2.66. The van der Waals surface area contributed by atoms with Gasteiger partial charge in [-0.05, 0) is 23.1 Å². The van der Waals surface area contributed by atoms with E-state index in [0.717, 1.165) is 5.56 Å². The number of aliphatic hydroxyl groups is 1. The Balaban J connectivity index is 1.57. The van der Waals surface area contributed by atoms with Crippen LogP contribution >= 0.6 is 0 Å². The Hall–Kier alpha value is -3.72. The van der Waals surface area contributed by atoms with Gasteiger partial charge in [0.1, 0.15) is 16.9 Å². The zero-order valence-electron chi connectivity index (χ0n) is 21.4. The molecular formula is C29H29NO8. The highest BCUT2D eigenvalue weighted by Gasteiger charge is 2.93. The van der Waals surface area contributed by atoms with Crippen molar-refractivity contribution in [2.45, 2.75) is 64.2 Å². The SMILES string of the molecule is CC(C)(C)[C@]1(O)C[C@@H]2OC(=O)C[C@@]23C(=O)O[C@@H]2N(Cc4ccccc4)C(=O)[C@@H](OC(=O)c4ccccc4)[C@]213. The molecule has 0 bridgehead atoms. The number of amides is 1. The van der Waals surface area contributed by atoms with E-state index in [-0.39, 0.29) is 24.9 Å². The van der Waals surface area contributed by atoms with Gasteiger partial charge in [-0.1, -0.05) is 69.3 Å². The second-order valence-corrected chi connectivity index (χ2v) is 11.7. The van der Waals surface area contributed by atoms with Crippen LogP contribution in [0.25, 0.3) is 0 Å². The Morgan fingerprint density at radius 2 is 1.66 bits per heavy atom. The zero-order valence-corrected chi connectivity index (χ0v) is 21.4. The van der Waals surface area contributed by atoms with Crippen LogP contribution in [0, 0.1) is 16.2 Å². The van der Waals surface area contributed by atoms with E-state index >= 15 is 0 Å². The van der Waals surface area contributed by atoms with Crippen molar-refractivity contribution >= 4 is 23.8 Å². The molecule has 6 rings (SSSR count). The van der Waals surface area contributed by atoms with Crippen LogP contribution in [0.15, 0.2) is 60.7 Å². The molecule has 6 atom stereocenters. The fourth-order valence-electron chi connectivity index (χ4n) is 7.28. The fraction of sp³-hybridized carbons (Fsp3) is 0.448. The first-order valence-corrected chi connectivity index (χ1v) is 12.7. The molecule has 1 aliphatic carbocycles. The molecule has 0 unspecified atom stereocenters. The standard InChI is InChI=1S/C29H29NO8/c1-26(2,3)28(35)14-19-27(15-20(31)36-19)25(34)38-24-29(27,28)21(37-23(33)18-12-8-5-9-13-18)22(32)30(24)16-17-10-6-4-7-11-17/h4-13,19,21,24,35H,14-16H2,1-3H3/t19-,21+,24-,27-,28+,29+/m0/s1. The van der Waals surface area contributed by atoms with Gasteiger partial charge < -0.3 is 19.3 Å².